The van der Waals surface area contributed by atoms with Gasteiger partial charge in [0.15, 0.2) is 0 Å². The monoisotopic (exact) mass is 700 g/mol. The number of hydrazone groups is 1. The molecule has 0 atom stereocenters. The SMILES string of the molecule is C/C(=N\NC(=O)c1ccncc1)C(=O)Nc1ccc(C(F)(F)C(F)(F)C(F)(F)C(F)(F)C(F)(F)C(F)(F)C(F)(F)C(F)(F)F)cc1. The molecule has 0 aliphatic heterocycles. The van der Waals surface area contributed by atoms with Gasteiger partial charge in [-0.3, -0.25) is 14.6 Å². The van der Waals surface area contributed by atoms with Crippen molar-refractivity contribution in [1.29, 1.82) is 0 Å². The van der Waals surface area contributed by atoms with E-state index in [0.29, 0.717) is 0 Å². The van der Waals surface area contributed by atoms with Gasteiger partial charge in [-0.25, -0.2) is 5.43 Å². The van der Waals surface area contributed by atoms with Gasteiger partial charge in [0.2, 0.25) is 0 Å². The van der Waals surface area contributed by atoms with E-state index in [1.54, 1.807) is 0 Å². The first-order chi connectivity index (χ1) is 20.5. The molecule has 0 saturated carbocycles. The van der Waals surface area contributed by atoms with Crippen LogP contribution in [-0.2, 0) is 10.7 Å². The Kier molecular flexibility index (Phi) is 9.79. The van der Waals surface area contributed by atoms with Crippen molar-refractivity contribution < 1.29 is 84.2 Å². The fraction of sp³-hybridized carbons (Fsp3) is 0.391. The second-order valence-electron chi connectivity index (χ2n) is 8.92. The highest BCUT2D eigenvalue weighted by atomic mass is 19.4. The Morgan fingerprint density at radius 1 is 0.609 bits per heavy atom. The summed E-state index contributed by atoms with van der Waals surface area (Å²) in [5.41, 5.74) is -1.71. The number of anilines is 1. The second kappa shape index (κ2) is 11.9. The van der Waals surface area contributed by atoms with E-state index in [2.05, 4.69) is 10.1 Å². The molecule has 46 heavy (non-hydrogen) atoms. The summed E-state index contributed by atoms with van der Waals surface area (Å²) in [6, 6.07) is 2.32. The Hall–Kier alpha value is -4.21. The molecule has 0 saturated heterocycles. The van der Waals surface area contributed by atoms with Gasteiger partial charge in [-0.2, -0.15) is 79.7 Å². The average molecular weight is 700 g/mol. The molecule has 1 aromatic carbocycles. The zero-order valence-electron chi connectivity index (χ0n) is 21.8. The van der Waals surface area contributed by atoms with Gasteiger partial charge in [0.1, 0.15) is 5.71 Å². The van der Waals surface area contributed by atoms with Crippen molar-refractivity contribution in [3.8, 4) is 0 Å². The minimum atomic E-state index is -8.73. The van der Waals surface area contributed by atoms with Crippen LogP contribution in [0.4, 0.5) is 80.3 Å². The average Bonchev–Trinajstić information content (AvgIpc) is 2.95. The third-order valence-corrected chi connectivity index (χ3v) is 5.82. The minimum Gasteiger partial charge on any atom is -0.321 e. The Bertz CT molecular complexity index is 1460. The number of halogens is 17. The highest BCUT2D eigenvalue weighted by Crippen LogP contribution is 2.65. The molecule has 0 spiro atoms. The smallest absolute Gasteiger partial charge is 0.321 e. The van der Waals surface area contributed by atoms with Gasteiger partial charge in [-0.15, -0.1) is 0 Å². The number of hydrogen-bond donors (Lipinski definition) is 2. The Labute approximate surface area is 243 Å². The highest BCUT2D eigenvalue weighted by Gasteiger charge is 2.95. The normalized spacial score (nSPS) is 14.6. The fourth-order valence-corrected chi connectivity index (χ4v) is 3.08. The van der Waals surface area contributed by atoms with Crippen molar-refractivity contribution in [2.75, 3.05) is 5.32 Å². The number of benzene rings is 1. The Balaban J connectivity index is 2.35. The molecule has 0 aliphatic rings. The van der Waals surface area contributed by atoms with Gasteiger partial charge in [0.05, 0.1) is 0 Å². The molecule has 6 nitrogen and oxygen atoms in total. The molecule has 0 radical (unpaired) electrons. The lowest BCUT2D eigenvalue weighted by molar-refractivity contribution is -0.462. The number of carbonyl (C=O) groups excluding carboxylic acids is 2. The zero-order chi connectivity index (χ0) is 35.9. The van der Waals surface area contributed by atoms with Crippen LogP contribution in [0, 0.1) is 0 Å². The number of hydrogen-bond acceptors (Lipinski definition) is 4. The van der Waals surface area contributed by atoms with E-state index in [4.69, 9.17) is 0 Å². The number of nitrogens with one attached hydrogen (secondary N) is 2. The van der Waals surface area contributed by atoms with Gasteiger partial charge in [-0.1, -0.05) is 12.1 Å². The van der Waals surface area contributed by atoms with Crippen LogP contribution in [0.5, 0.6) is 0 Å². The van der Waals surface area contributed by atoms with Crippen molar-refractivity contribution in [2.45, 2.75) is 54.6 Å². The maximum atomic E-state index is 14.4. The molecule has 256 valence electrons. The number of carbonyl (C=O) groups is 2. The molecule has 1 aromatic heterocycles. The molecule has 0 bridgehead atoms. The third-order valence-electron chi connectivity index (χ3n) is 5.82. The fourth-order valence-electron chi connectivity index (χ4n) is 3.08. The molecule has 2 rings (SSSR count). The second-order valence-corrected chi connectivity index (χ2v) is 8.92. The molecule has 2 N–H and O–H groups in total. The van der Waals surface area contributed by atoms with Crippen molar-refractivity contribution in [1.82, 2.24) is 10.4 Å². The van der Waals surface area contributed by atoms with Crippen LogP contribution in [0.25, 0.3) is 0 Å². The minimum absolute atomic E-state index is 0.0280. The van der Waals surface area contributed by atoms with E-state index in [-0.39, 0.29) is 29.8 Å². The standard InChI is InChI=1S/C23H13F17N4O2/c1-10(43-44-15(46)11-6-8-41-9-7-11)14(45)42-13-4-2-12(3-5-13)16(24,25)17(26,27)18(28,29)19(30,31)20(32,33)21(34,35)22(36,37)23(38,39)40/h2-9H,1H3,(H,42,45)(H,44,46)/b43-10+. The number of rotatable bonds is 11. The van der Waals surface area contributed by atoms with E-state index in [1.165, 1.54) is 24.5 Å². The number of alkyl halides is 17. The molecular formula is C23H13F17N4O2. The topological polar surface area (TPSA) is 83.5 Å². The maximum Gasteiger partial charge on any atom is 0.460 e. The summed E-state index contributed by atoms with van der Waals surface area (Å²) in [5.74, 6) is -59.4. The van der Waals surface area contributed by atoms with Gasteiger partial charge >= 0.3 is 47.6 Å². The first-order valence-corrected chi connectivity index (χ1v) is 11.4. The lowest BCUT2D eigenvalue weighted by Crippen LogP contribution is -2.74. The first-order valence-electron chi connectivity index (χ1n) is 11.4. The van der Waals surface area contributed by atoms with Gasteiger partial charge in [0.25, 0.3) is 11.8 Å². The van der Waals surface area contributed by atoms with Crippen LogP contribution >= 0.6 is 0 Å². The summed E-state index contributed by atoms with van der Waals surface area (Å²) in [6.07, 6.45) is -5.39. The summed E-state index contributed by atoms with van der Waals surface area (Å²) in [6.45, 7) is 0.970. The number of amides is 2. The van der Waals surface area contributed by atoms with Crippen LogP contribution < -0.4 is 10.7 Å². The molecule has 2 aromatic rings. The maximum absolute atomic E-state index is 14.4. The summed E-state index contributed by atoms with van der Waals surface area (Å²) in [4.78, 5) is 27.7. The Morgan fingerprint density at radius 3 is 1.46 bits per heavy atom. The molecule has 0 unspecified atom stereocenters. The van der Waals surface area contributed by atoms with Gasteiger partial charge in [0, 0.05) is 29.2 Å². The van der Waals surface area contributed by atoms with Crippen LogP contribution in [0.1, 0.15) is 22.8 Å². The molecule has 0 fully saturated rings. The van der Waals surface area contributed by atoms with Gasteiger partial charge < -0.3 is 5.32 Å². The van der Waals surface area contributed by atoms with E-state index < -0.39 is 76.4 Å². The van der Waals surface area contributed by atoms with E-state index >= 15 is 0 Å². The lowest BCUT2D eigenvalue weighted by Gasteiger charge is -2.42. The predicted octanol–water partition coefficient (Wildman–Crippen LogP) is 7.29. The van der Waals surface area contributed by atoms with Crippen molar-refractivity contribution >= 4 is 23.2 Å². The molecule has 1 heterocycles. The third kappa shape index (κ3) is 6.01. The van der Waals surface area contributed by atoms with E-state index in [1.807, 2.05) is 10.7 Å². The van der Waals surface area contributed by atoms with E-state index in [9.17, 15) is 84.2 Å². The molecule has 0 aliphatic carbocycles. The highest BCUT2D eigenvalue weighted by molar-refractivity contribution is 6.42. The Morgan fingerprint density at radius 2 is 1.02 bits per heavy atom. The zero-order valence-corrected chi connectivity index (χ0v) is 21.8. The van der Waals surface area contributed by atoms with E-state index in [0.717, 1.165) is 6.92 Å². The number of aromatic nitrogens is 1. The predicted molar refractivity (Wildman–Crippen MR) is 120 cm³/mol. The van der Waals surface area contributed by atoms with Crippen LogP contribution in [0.2, 0.25) is 0 Å². The quantitative estimate of drug-likeness (QED) is 0.147. The van der Waals surface area contributed by atoms with Crippen LogP contribution in [-0.4, -0.2) is 64.2 Å². The lowest BCUT2D eigenvalue weighted by atomic mass is 9.87. The molecule has 2 amide bonds. The van der Waals surface area contributed by atoms with Crippen LogP contribution in [0.15, 0.2) is 53.9 Å². The summed E-state index contributed by atoms with van der Waals surface area (Å²) < 4.78 is 229. The molecular weight excluding hydrogens is 687 g/mol. The molecule has 23 heteroatoms. The number of pyridine rings is 1. The van der Waals surface area contributed by atoms with Gasteiger partial charge in [-0.05, 0) is 31.2 Å². The summed E-state index contributed by atoms with van der Waals surface area (Å²) in [7, 11) is 0. The van der Waals surface area contributed by atoms with Crippen molar-refractivity contribution in [3.05, 3.63) is 59.9 Å². The van der Waals surface area contributed by atoms with Crippen LogP contribution in [0.3, 0.4) is 0 Å². The van der Waals surface area contributed by atoms with Crippen molar-refractivity contribution in [2.24, 2.45) is 5.10 Å². The van der Waals surface area contributed by atoms with Crippen molar-refractivity contribution in [3.63, 3.8) is 0 Å². The summed E-state index contributed by atoms with van der Waals surface area (Å²) in [5, 5.41) is 5.25. The number of nitrogens with zero attached hydrogens (tertiary/aromatic N) is 2. The summed E-state index contributed by atoms with van der Waals surface area (Å²) >= 11 is 0. The first kappa shape index (κ1) is 38.0. The largest absolute Gasteiger partial charge is 0.460 e.